The molecule has 2 N–H and O–H groups in total. The highest BCUT2D eigenvalue weighted by Gasteiger charge is 2.14. The zero-order valence-electron chi connectivity index (χ0n) is 7.88. The molecule has 2 rings (SSSR count). The van der Waals surface area contributed by atoms with Crippen LogP contribution in [0.1, 0.15) is 6.42 Å². The van der Waals surface area contributed by atoms with Gasteiger partial charge in [0.25, 0.3) is 0 Å². The lowest BCUT2D eigenvalue weighted by Gasteiger charge is -2.16. The van der Waals surface area contributed by atoms with Gasteiger partial charge in [-0.25, -0.2) is 0 Å². The van der Waals surface area contributed by atoms with Gasteiger partial charge >= 0.3 is 0 Å². The smallest absolute Gasteiger partial charge is 0.106 e. The van der Waals surface area contributed by atoms with E-state index in [0.717, 1.165) is 24.8 Å². The zero-order chi connectivity index (χ0) is 8.93. The Hall–Kier alpha value is -0.220. The number of aliphatic imine (C=N–C) groups is 1. The average molecular weight is 199 g/mol. The first-order valence-electron chi connectivity index (χ1n) is 5.01. The summed E-state index contributed by atoms with van der Waals surface area (Å²) < 4.78 is 0. The molecule has 0 amide bonds. The van der Waals surface area contributed by atoms with Gasteiger partial charge in [0, 0.05) is 12.3 Å². The van der Waals surface area contributed by atoms with Crippen LogP contribution in [-0.2, 0) is 0 Å². The minimum Gasteiger partial charge on any atom is -0.373 e. The number of hydrogen-bond donors (Lipinski definition) is 2. The number of thioether (sulfide) groups is 1. The molecule has 1 unspecified atom stereocenters. The summed E-state index contributed by atoms with van der Waals surface area (Å²) in [5.74, 6) is 4.30. The van der Waals surface area contributed by atoms with Crippen molar-refractivity contribution in [2.24, 2.45) is 10.9 Å². The van der Waals surface area contributed by atoms with E-state index in [1.807, 2.05) is 11.8 Å². The highest BCUT2D eigenvalue weighted by Crippen LogP contribution is 2.08. The predicted molar refractivity (Wildman–Crippen MR) is 58.6 cm³/mol. The van der Waals surface area contributed by atoms with Crippen LogP contribution in [0.25, 0.3) is 0 Å². The summed E-state index contributed by atoms with van der Waals surface area (Å²) in [4.78, 5) is 4.45. The van der Waals surface area contributed by atoms with Gasteiger partial charge in [0.2, 0.25) is 0 Å². The summed E-state index contributed by atoms with van der Waals surface area (Å²) in [5, 5.41) is 6.83. The van der Waals surface area contributed by atoms with Crippen LogP contribution in [-0.4, -0.2) is 43.5 Å². The molecule has 0 aromatic rings. The Balaban J connectivity index is 1.68. The van der Waals surface area contributed by atoms with Crippen molar-refractivity contribution < 1.29 is 0 Å². The second-order valence-corrected chi connectivity index (χ2v) is 4.73. The quantitative estimate of drug-likeness (QED) is 0.673. The molecule has 0 aromatic carbocycles. The Morgan fingerprint density at radius 2 is 2.62 bits per heavy atom. The molecule has 1 fully saturated rings. The first-order valence-corrected chi connectivity index (χ1v) is 6.16. The van der Waals surface area contributed by atoms with Crippen LogP contribution < -0.4 is 10.6 Å². The SMILES string of the molecule is C1CSCC(NCC2CCNC2)=N1. The Bertz CT molecular complexity index is 187. The molecule has 0 aliphatic carbocycles. The van der Waals surface area contributed by atoms with E-state index < -0.39 is 0 Å². The van der Waals surface area contributed by atoms with Crippen molar-refractivity contribution in [1.29, 1.82) is 0 Å². The van der Waals surface area contributed by atoms with Crippen molar-refractivity contribution in [1.82, 2.24) is 10.6 Å². The van der Waals surface area contributed by atoms with E-state index in [1.165, 1.54) is 31.1 Å². The predicted octanol–water partition coefficient (Wildman–Crippen LogP) is 0.331. The highest BCUT2D eigenvalue weighted by atomic mass is 32.2. The molecular weight excluding hydrogens is 182 g/mol. The molecule has 3 nitrogen and oxygen atoms in total. The fraction of sp³-hybridized carbons (Fsp3) is 0.889. The summed E-state index contributed by atoms with van der Waals surface area (Å²) >= 11 is 1.98. The van der Waals surface area contributed by atoms with E-state index >= 15 is 0 Å². The lowest BCUT2D eigenvalue weighted by molar-refractivity contribution is 0.565. The molecular formula is C9H17N3S. The van der Waals surface area contributed by atoms with Gasteiger partial charge < -0.3 is 10.6 Å². The van der Waals surface area contributed by atoms with Crippen LogP contribution >= 0.6 is 11.8 Å². The minimum absolute atomic E-state index is 0.814. The second-order valence-electron chi connectivity index (χ2n) is 3.62. The normalized spacial score (nSPS) is 28.6. The molecule has 2 aliphatic heterocycles. The fourth-order valence-corrected chi connectivity index (χ4v) is 2.47. The molecule has 2 heterocycles. The molecule has 0 radical (unpaired) electrons. The first-order chi connectivity index (χ1) is 6.45. The lowest BCUT2D eigenvalue weighted by Crippen LogP contribution is -2.33. The third-order valence-electron chi connectivity index (χ3n) is 2.53. The van der Waals surface area contributed by atoms with Crippen molar-refractivity contribution in [3.8, 4) is 0 Å². The van der Waals surface area contributed by atoms with E-state index in [-0.39, 0.29) is 0 Å². The minimum atomic E-state index is 0.814. The topological polar surface area (TPSA) is 36.4 Å². The number of rotatable bonds is 2. The summed E-state index contributed by atoms with van der Waals surface area (Å²) in [6.45, 7) is 4.46. The van der Waals surface area contributed by atoms with Crippen LogP contribution in [0.5, 0.6) is 0 Å². The van der Waals surface area contributed by atoms with Crippen molar-refractivity contribution >= 4 is 17.6 Å². The maximum atomic E-state index is 4.45. The number of hydrogen-bond acceptors (Lipinski definition) is 4. The van der Waals surface area contributed by atoms with Gasteiger partial charge in [-0.2, -0.15) is 11.8 Å². The second kappa shape index (κ2) is 4.86. The van der Waals surface area contributed by atoms with Crippen LogP contribution in [0.2, 0.25) is 0 Å². The van der Waals surface area contributed by atoms with Crippen LogP contribution in [0.3, 0.4) is 0 Å². The Morgan fingerprint density at radius 1 is 1.62 bits per heavy atom. The monoisotopic (exact) mass is 199 g/mol. The van der Waals surface area contributed by atoms with Gasteiger partial charge in [0.1, 0.15) is 5.84 Å². The van der Waals surface area contributed by atoms with Crippen molar-refractivity contribution in [2.75, 3.05) is 37.7 Å². The Morgan fingerprint density at radius 3 is 3.31 bits per heavy atom. The van der Waals surface area contributed by atoms with Crippen LogP contribution in [0, 0.1) is 5.92 Å². The van der Waals surface area contributed by atoms with E-state index in [2.05, 4.69) is 15.6 Å². The van der Waals surface area contributed by atoms with E-state index in [1.54, 1.807) is 0 Å². The van der Waals surface area contributed by atoms with Gasteiger partial charge in [0.15, 0.2) is 0 Å². The Kier molecular flexibility index (Phi) is 3.49. The van der Waals surface area contributed by atoms with Gasteiger partial charge in [-0.3, -0.25) is 4.99 Å². The largest absolute Gasteiger partial charge is 0.373 e. The Labute approximate surface area is 83.8 Å². The van der Waals surface area contributed by atoms with E-state index in [9.17, 15) is 0 Å². The average Bonchev–Trinajstić information content (AvgIpc) is 2.69. The number of nitrogens with zero attached hydrogens (tertiary/aromatic N) is 1. The van der Waals surface area contributed by atoms with Gasteiger partial charge in [-0.15, -0.1) is 0 Å². The lowest BCUT2D eigenvalue weighted by atomic mass is 10.1. The molecule has 1 saturated heterocycles. The van der Waals surface area contributed by atoms with Crippen molar-refractivity contribution in [3.05, 3.63) is 0 Å². The molecule has 2 aliphatic rings. The maximum absolute atomic E-state index is 4.45. The van der Waals surface area contributed by atoms with Gasteiger partial charge in [0.05, 0.1) is 12.3 Å². The number of nitrogens with one attached hydrogen (secondary N) is 2. The highest BCUT2D eigenvalue weighted by molar-refractivity contribution is 8.00. The standard InChI is InChI=1S/C9H17N3S/c1-2-10-5-8(1)6-12-9-7-13-4-3-11-9/h8,10H,1-7H2,(H,11,12). The third-order valence-corrected chi connectivity index (χ3v) is 3.48. The molecule has 4 heteroatoms. The van der Waals surface area contributed by atoms with Gasteiger partial charge in [-0.05, 0) is 25.4 Å². The molecule has 0 spiro atoms. The first kappa shape index (κ1) is 9.34. The summed E-state index contributed by atoms with van der Waals surface area (Å²) in [5.41, 5.74) is 0. The van der Waals surface area contributed by atoms with Crippen LogP contribution in [0.15, 0.2) is 4.99 Å². The summed E-state index contributed by atoms with van der Waals surface area (Å²) in [6, 6.07) is 0. The molecule has 0 aromatic heterocycles. The van der Waals surface area contributed by atoms with Crippen molar-refractivity contribution in [3.63, 3.8) is 0 Å². The molecule has 0 bridgehead atoms. The number of amidine groups is 1. The summed E-state index contributed by atoms with van der Waals surface area (Å²) in [7, 11) is 0. The van der Waals surface area contributed by atoms with E-state index in [0.29, 0.717) is 0 Å². The van der Waals surface area contributed by atoms with Crippen LogP contribution in [0.4, 0.5) is 0 Å². The molecule has 13 heavy (non-hydrogen) atoms. The van der Waals surface area contributed by atoms with Crippen molar-refractivity contribution in [2.45, 2.75) is 6.42 Å². The maximum Gasteiger partial charge on any atom is 0.106 e. The fourth-order valence-electron chi connectivity index (χ4n) is 1.72. The molecule has 1 atom stereocenters. The zero-order valence-corrected chi connectivity index (χ0v) is 8.70. The van der Waals surface area contributed by atoms with E-state index in [4.69, 9.17) is 0 Å². The summed E-state index contributed by atoms with van der Waals surface area (Å²) in [6.07, 6.45) is 1.31. The third kappa shape index (κ3) is 2.88. The van der Waals surface area contributed by atoms with Gasteiger partial charge in [-0.1, -0.05) is 0 Å². The molecule has 74 valence electrons. The molecule has 0 saturated carbocycles.